The second-order valence-electron chi connectivity index (χ2n) is 6.11. The van der Waals surface area contributed by atoms with E-state index in [-0.39, 0.29) is 30.3 Å². The van der Waals surface area contributed by atoms with Crippen LogP contribution in [0.15, 0.2) is 0 Å². The first-order chi connectivity index (χ1) is 9.59. The summed E-state index contributed by atoms with van der Waals surface area (Å²) in [5.41, 5.74) is 6.20. The SMILES string of the molecule is CC(=O)N1CCCN(C(=O)C(N)C2CCCCC2)CC1.Cl. The lowest BCUT2D eigenvalue weighted by Gasteiger charge is -2.31. The number of nitrogens with two attached hydrogens (primary N) is 1. The van der Waals surface area contributed by atoms with E-state index in [2.05, 4.69) is 0 Å². The molecule has 2 rings (SSSR count). The van der Waals surface area contributed by atoms with Gasteiger partial charge in [0.05, 0.1) is 6.04 Å². The van der Waals surface area contributed by atoms with Crippen molar-refractivity contribution in [1.82, 2.24) is 9.80 Å². The van der Waals surface area contributed by atoms with Crippen LogP contribution in [0.2, 0.25) is 0 Å². The number of nitrogens with zero attached hydrogens (tertiary/aromatic N) is 2. The lowest BCUT2D eigenvalue weighted by molar-refractivity contribution is -0.135. The highest BCUT2D eigenvalue weighted by molar-refractivity contribution is 5.85. The van der Waals surface area contributed by atoms with Crippen LogP contribution in [0.25, 0.3) is 0 Å². The molecule has 5 nitrogen and oxygen atoms in total. The first kappa shape index (κ1) is 18.2. The maximum absolute atomic E-state index is 12.5. The fraction of sp³-hybridized carbons (Fsp3) is 0.867. The highest BCUT2D eigenvalue weighted by atomic mass is 35.5. The van der Waals surface area contributed by atoms with Crippen molar-refractivity contribution >= 4 is 24.2 Å². The van der Waals surface area contributed by atoms with Gasteiger partial charge in [0.2, 0.25) is 11.8 Å². The van der Waals surface area contributed by atoms with Gasteiger partial charge in [-0.1, -0.05) is 19.3 Å². The highest BCUT2D eigenvalue weighted by Gasteiger charge is 2.30. The Morgan fingerprint density at radius 1 is 0.952 bits per heavy atom. The maximum Gasteiger partial charge on any atom is 0.239 e. The van der Waals surface area contributed by atoms with Crippen LogP contribution < -0.4 is 5.73 Å². The van der Waals surface area contributed by atoms with E-state index in [0.29, 0.717) is 19.0 Å². The van der Waals surface area contributed by atoms with Gasteiger partial charge in [-0.3, -0.25) is 9.59 Å². The molecule has 0 aromatic rings. The number of halogens is 1. The van der Waals surface area contributed by atoms with Gasteiger partial charge in [-0.15, -0.1) is 12.4 Å². The van der Waals surface area contributed by atoms with Gasteiger partial charge in [0.15, 0.2) is 0 Å². The third-order valence-corrected chi connectivity index (χ3v) is 4.70. The molecule has 2 aliphatic rings. The Hall–Kier alpha value is -0.810. The van der Waals surface area contributed by atoms with Gasteiger partial charge >= 0.3 is 0 Å². The first-order valence-electron chi connectivity index (χ1n) is 7.89. The topological polar surface area (TPSA) is 66.6 Å². The Labute approximate surface area is 133 Å². The van der Waals surface area contributed by atoms with Gasteiger partial charge in [-0.25, -0.2) is 0 Å². The Morgan fingerprint density at radius 2 is 1.52 bits per heavy atom. The van der Waals surface area contributed by atoms with E-state index in [1.807, 2.05) is 9.80 Å². The van der Waals surface area contributed by atoms with E-state index >= 15 is 0 Å². The molecule has 0 bridgehead atoms. The smallest absolute Gasteiger partial charge is 0.239 e. The fourth-order valence-corrected chi connectivity index (χ4v) is 3.36. The zero-order chi connectivity index (χ0) is 14.5. The normalized spacial score (nSPS) is 22.2. The van der Waals surface area contributed by atoms with Crippen molar-refractivity contribution in [3.63, 3.8) is 0 Å². The molecule has 1 atom stereocenters. The monoisotopic (exact) mass is 317 g/mol. The molecule has 0 aromatic heterocycles. The van der Waals surface area contributed by atoms with Gasteiger partial charge in [0, 0.05) is 33.1 Å². The molecule has 1 saturated heterocycles. The first-order valence-corrected chi connectivity index (χ1v) is 7.89. The highest BCUT2D eigenvalue weighted by Crippen LogP contribution is 2.26. The Morgan fingerprint density at radius 3 is 2.14 bits per heavy atom. The van der Waals surface area contributed by atoms with Crippen LogP contribution in [0.1, 0.15) is 45.4 Å². The summed E-state index contributed by atoms with van der Waals surface area (Å²) in [5.74, 6) is 0.529. The molecule has 2 amide bonds. The molecule has 0 spiro atoms. The fourth-order valence-electron chi connectivity index (χ4n) is 3.36. The van der Waals surface area contributed by atoms with E-state index < -0.39 is 0 Å². The van der Waals surface area contributed by atoms with Crippen LogP contribution in [-0.2, 0) is 9.59 Å². The minimum Gasteiger partial charge on any atom is -0.341 e. The quantitative estimate of drug-likeness (QED) is 0.837. The van der Waals surface area contributed by atoms with Gasteiger partial charge in [0.1, 0.15) is 0 Å². The Bertz CT molecular complexity index is 359. The van der Waals surface area contributed by atoms with Crippen molar-refractivity contribution in [1.29, 1.82) is 0 Å². The summed E-state index contributed by atoms with van der Waals surface area (Å²) in [6.07, 6.45) is 6.69. The van der Waals surface area contributed by atoms with Crippen molar-refractivity contribution in [2.45, 2.75) is 51.5 Å². The van der Waals surface area contributed by atoms with Crippen molar-refractivity contribution in [3.8, 4) is 0 Å². The maximum atomic E-state index is 12.5. The summed E-state index contributed by atoms with van der Waals surface area (Å²) in [6, 6.07) is -0.348. The number of carbonyl (C=O) groups excluding carboxylic acids is 2. The van der Waals surface area contributed by atoms with Gasteiger partial charge in [-0.2, -0.15) is 0 Å². The summed E-state index contributed by atoms with van der Waals surface area (Å²) in [5, 5.41) is 0. The molecule has 2 N–H and O–H groups in total. The molecule has 2 fully saturated rings. The lowest BCUT2D eigenvalue weighted by atomic mass is 9.84. The number of hydrogen-bond donors (Lipinski definition) is 1. The molecular formula is C15H28ClN3O2. The number of carbonyl (C=O) groups is 2. The Kier molecular flexibility index (Phi) is 7.46. The van der Waals surface area contributed by atoms with Gasteiger partial charge < -0.3 is 15.5 Å². The standard InChI is InChI=1S/C15H27N3O2.ClH/c1-12(19)17-8-5-9-18(11-10-17)15(20)14(16)13-6-3-2-4-7-13;/h13-14H,2-11,16H2,1H3;1H. The van der Waals surface area contributed by atoms with Crippen LogP contribution in [-0.4, -0.2) is 53.8 Å². The van der Waals surface area contributed by atoms with E-state index in [0.717, 1.165) is 32.4 Å². The van der Waals surface area contributed by atoms with Crippen molar-refractivity contribution in [3.05, 3.63) is 0 Å². The van der Waals surface area contributed by atoms with E-state index in [4.69, 9.17) is 5.73 Å². The molecule has 1 aliphatic carbocycles. The van der Waals surface area contributed by atoms with E-state index in [1.165, 1.54) is 19.3 Å². The molecule has 0 aromatic carbocycles. The van der Waals surface area contributed by atoms with Gasteiger partial charge in [0.25, 0.3) is 0 Å². The number of hydrogen-bond acceptors (Lipinski definition) is 3. The predicted octanol–water partition coefficient (Wildman–Crippen LogP) is 1.40. The number of amides is 2. The van der Waals surface area contributed by atoms with Crippen LogP contribution in [0, 0.1) is 5.92 Å². The van der Waals surface area contributed by atoms with E-state index in [9.17, 15) is 9.59 Å². The van der Waals surface area contributed by atoms with Crippen LogP contribution in [0.5, 0.6) is 0 Å². The third-order valence-electron chi connectivity index (χ3n) is 4.70. The molecule has 122 valence electrons. The molecule has 0 radical (unpaired) electrons. The van der Waals surface area contributed by atoms with Crippen molar-refractivity contribution in [2.75, 3.05) is 26.2 Å². The predicted molar refractivity (Wildman–Crippen MR) is 85.2 cm³/mol. The molecule has 1 unspecified atom stereocenters. The van der Waals surface area contributed by atoms with Crippen LogP contribution >= 0.6 is 12.4 Å². The number of rotatable bonds is 2. The Balaban J connectivity index is 0.00000220. The van der Waals surface area contributed by atoms with Crippen LogP contribution in [0.4, 0.5) is 0 Å². The minimum absolute atomic E-state index is 0. The van der Waals surface area contributed by atoms with E-state index in [1.54, 1.807) is 6.92 Å². The zero-order valence-corrected chi connectivity index (χ0v) is 13.7. The second kappa shape index (κ2) is 8.59. The molecule has 6 heteroatoms. The molecular weight excluding hydrogens is 290 g/mol. The molecule has 1 heterocycles. The molecule has 1 saturated carbocycles. The summed E-state index contributed by atoms with van der Waals surface area (Å²) < 4.78 is 0. The summed E-state index contributed by atoms with van der Waals surface area (Å²) >= 11 is 0. The van der Waals surface area contributed by atoms with Crippen LogP contribution in [0.3, 0.4) is 0 Å². The second-order valence-corrected chi connectivity index (χ2v) is 6.11. The minimum atomic E-state index is -0.348. The van der Waals surface area contributed by atoms with Crippen molar-refractivity contribution in [2.24, 2.45) is 11.7 Å². The largest absolute Gasteiger partial charge is 0.341 e. The molecule has 1 aliphatic heterocycles. The summed E-state index contributed by atoms with van der Waals surface area (Å²) in [6.45, 7) is 4.32. The average molecular weight is 318 g/mol. The van der Waals surface area contributed by atoms with Gasteiger partial charge in [-0.05, 0) is 25.2 Å². The summed E-state index contributed by atoms with van der Waals surface area (Å²) in [4.78, 5) is 27.6. The molecule has 21 heavy (non-hydrogen) atoms. The lowest BCUT2D eigenvalue weighted by Crippen LogP contribution is -2.49. The zero-order valence-electron chi connectivity index (χ0n) is 12.9. The third kappa shape index (κ3) is 4.85. The van der Waals surface area contributed by atoms with Crippen molar-refractivity contribution < 1.29 is 9.59 Å². The summed E-state index contributed by atoms with van der Waals surface area (Å²) in [7, 11) is 0. The average Bonchev–Trinajstić information content (AvgIpc) is 2.72.